The van der Waals surface area contributed by atoms with Crippen LogP contribution >= 0.6 is 0 Å². The number of hydrogen-bond acceptors (Lipinski definition) is 2. The van der Waals surface area contributed by atoms with Crippen LogP contribution in [0.15, 0.2) is 24.3 Å². The largest absolute Gasteiger partial charge is 0.394 e. The van der Waals surface area contributed by atoms with E-state index in [4.69, 9.17) is 0 Å². The van der Waals surface area contributed by atoms with E-state index in [9.17, 15) is 5.11 Å². The first-order chi connectivity index (χ1) is 9.02. The topological polar surface area (TPSA) is 23.5 Å². The van der Waals surface area contributed by atoms with Crippen molar-refractivity contribution < 1.29 is 5.11 Å². The molecule has 0 bridgehead atoms. The van der Waals surface area contributed by atoms with Crippen LogP contribution in [0, 0.1) is 0 Å². The van der Waals surface area contributed by atoms with Gasteiger partial charge in [-0.25, -0.2) is 0 Å². The highest BCUT2D eigenvalue weighted by atomic mass is 16.3. The standard InChI is InChI=1S/C17H27NO/c1-17(2,3)15-9-7-14(8-10-15)16(13-19)18-11-5-4-6-12-18/h7-10,16,19H,4-6,11-13H2,1-3H3. The number of likely N-dealkylation sites (tertiary alicyclic amines) is 1. The third kappa shape index (κ3) is 3.58. The summed E-state index contributed by atoms with van der Waals surface area (Å²) in [6, 6.07) is 8.98. The maximum Gasteiger partial charge on any atom is 0.0628 e. The number of rotatable bonds is 3. The van der Waals surface area contributed by atoms with E-state index in [0.29, 0.717) is 0 Å². The lowest BCUT2D eigenvalue weighted by atomic mass is 9.86. The highest BCUT2D eigenvalue weighted by Crippen LogP contribution is 2.27. The number of piperidine rings is 1. The van der Waals surface area contributed by atoms with Crippen LogP contribution in [0.1, 0.15) is 57.2 Å². The lowest BCUT2D eigenvalue weighted by Crippen LogP contribution is -2.35. The van der Waals surface area contributed by atoms with Crippen molar-refractivity contribution in [2.45, 2.75) is 51.5 Å². The second-order valence-corrected chi connectivity index (χ2v) is 6.67. The van der Waals surface area contributed by atoms with Gasteiger partial charge in [0.25, 0.3) is 0 Å². The summed E-state index contributed by atoms with van der Waals surface area (Å²) < 4.78 is 0. The molecule has 1 fully saturated rings. The number of benzene rings is 1. The van der Waals surface area contributed by atoms with Crippen molar-refractivity contribution in [1.29, 1.82) is 0 Å². The van der Waals surface area contributed by atoms with Gasteiger partial charge < -0.3 is 5.11 Å². The van der Waals surface area contributed by atoms with Gasteiger partial charge in [0.1, 0.15) is 0 Å². The molecule has 1 aliphatic heterocycles. The average molecular weight is 261 g/mol. The molecule has 0 amide bonds. The molecule has 1 saturated heterocycles. The minimum Gasteiger partial charge on any atom is -0.394 e. The van der Waals surface area contributed by atoms with Crippen LogP contribution in [0.25, 0.3) is 0 Å². The molecule has 1 atom stereocenters. The maximum absolute atomic E-state index is 9.72. The molecule has 19 heavy (non-hydrogen) atoms. The summed E-state index contributed by atoms with van der Waals surface area (Å²) in [5.41, 5.74) is 2.79. The molecular weight excluding hydrogens is 234 g/mol. The summed E-state index contributed by atoms with van der Waals surface area (Å²) in [6.07, 6.45) is 3.85. The van der Waals surface area contributed by atoms with Crippen molar-refractivity contribution >= 4 is 0 Å². The number of aliphatic hydroxyl groups is 1. The van der Waals surface area contributed by atoms with Gasteiger partial charge in [0, 0.05) is 0 Å². The third-order valence-corrected chi connectivity index (χ3v) is 4.17. The molecule has 1 unspecified atom stereocenters. The minimum absolute atomic E-state index is 0.175. The fourth-order valence-corrected chi connectivity index (χ4v) is 2.87. The third-order valence-electron chi connectivity index (χ3n) is 4.17. The molecule has 1 N–H and O–H groups in total. The van der Waals surface area contributed by atoms with Crippen LogP contribution in [0.4, 0.5) is 0 Å². The van der Waals surface area contributed by atoms with E-state index in [1.807, 2.05) is 0 Å². The molecule has 106 valence electrons. The van der Waals surface area contributed by atoms with Crippen molar-refractivity contribution in [2.75, 3.05) is 19.7 Å². The van der Waals surface area contributed by atoms with Gasteiger partial charge in [0.05, 0.1) is 12.6 Å². The van der Waals surface area contributed by atoms with Crippen molar-refractivity contribution in [3.63, 3.8) is 0 Å². The summed E-state index contributed by atoms with van der Waals surface area (Å²) in [5, 5.41) is 9.72. The van der Waals surface area contributed by atoms with Crippen molar-refractivity contribution in [3.8, 4) is 0 Å². The Morgan fingerprint density at radius 1 is 1.05 bits per heavy atom. The zero-order valence-corrected chi connectivity index (χ0v) is 12.5. The Kier molecular flexibility index (Phi) is 4.64. The van der Waals surface area contributed by atoms with Gasteiger partial charge >= 0.3 is 0 Å². The molecule has 0 radical (unpaired) electrons. The molecule has 1 aromatic carbocycles. The van der Waals surface area contributed by atoms with Crippen LogP contribution in [0.5, 0.6) is 0 Å². The minimum atomic E-state index is 0.175. The first kappa shape index (κ1) is 14.5. The molecule has 2 rings (SSSR count). The Morgan fingerprint density at radius 2 is 1.63 bits per heavy atom. The van der Waals surface area contributed by atoms with E-state index >= 15 is 0 Å². The van der Waals surface area contributed by atoms with Crippen molar-refractivity contribution in [1.82, 2.24) is 4.90 Å². The molecule has 0 saturated carbocycles. The predicted octanol–water partition coefficient (Wildman–Crippen LogP) is 3.50. The molecular formula is C17H27NO. The second kappa shape index (κ2) is 6.06. The van der Waals surface area contributed by atoms with E-state index in [1.165, 1.54) is 30.4 Å². The first-order valence-electron chi connectivity index (χ1n) is 7.48. The number of nitrogens with zero attached hydrogens (tertiary/aromatic N) is 1. The van der Waals surface area contributed by atoms with E-state index in [1.54, 1.807) is 0 Å². The van der Waals surface area contributed by atoms with Gasteiger partial charge in [0.2, 0.25) is 0 Å². The van der Waals surface area contributed by atoms with Gasteiger partial charge in [-0.2, -0.15) is 0 Å². The quantitative estimate of drug-likeness (QED) is 0.900. The van der Waals surface area contributed by atoms with E-state index in [0.717, 1.165) is 13.1 Å². The number of hydrogen-bond donors (Lipinski definition) is 1. The molecule has 0 spiro atoms. The zero-order chi connectivity index (χ0) is 13.9. The van der Waals surface area contributed by atoms with Crippen molar-refractivity contribution in [2.24, 2.45) is 0 Å². The lowest BCUT2D eigenvalue weighted by molar-refractivity contribution is 0.104. The lowest BCUT2D eigenvalue weighted by Gasteiger charge is -2.34. The van der Waals surface area contributed by atoms with Crippen molar-refractivity contribution in [3.05, 3.63) is 35.4 Å². The normalized spacial score (nSPS) is 19.4. The SMILES string of the molecule is CC(C)(C)c1ccc(C(CO)N2CCCCC2)cc1. The monoisotopic (exact) mass is 261 g/mol. The fourth-order valence-electron chi connectivity index (χ4n) is 2.87. The van der Waals surface area contributed by atoms with Gasteiger partial charge in [0.15, 0.2) is 0 Å². The predicted molar refractivity (Wildman–Crippen MR) is 80.4 cm³/mol. The Morgan fingerprint density at radius 3 is 2.11 bits per heavy atom. The molecule has 1 heterocycles. The second-order valence-electron chi connectivity index (χ2n) is 6.67. The van der Waals surface area contributed by atoms with Gasteiger partial charge in [-0.15, -0.1) is 0 Å². The Bertz CT molecular complexity index is 385. The average Bonchev–Trinajstić information content (AvgIpc) is 2.40. The summed E-state index contributed by atoms with van der Waals surface area (Å²) in [6.45, 7) is 9.15. The molecule has 2 nitrogen and oxygen atoms in total. The Hall–Kier alpha value is -0.860. The van der Waals surface area contributed by atoms with E-state index < -0.39 is 0 Å². The van der Waals surface area contributed by atoms with Crippen LogP contribution in [-0.4, -0.2) is 29.7 Å². The van der Waals surface area contributed by atoms with Gasteiger partial charge in [-0.3, -0.25) is 4.90 Å². The van der Waals surface area contributed by atoms with Crippen LogP contribution < -0.4 is 0 Å². The molecule has 1 aromatic rings. The van der Waals surface area contributed by atoms with Crippen LogP contribution in [0.2, 0.25) is 0 Å². The highest BCUT2D eigenvalue weighted by molar-refractivity contribution is 5.29. The molecule has 0 aliphatic carbocycles. The molecule has 2 heteroatoms. The van der Waals surface area contributed by atoms with Gasteiger partial charge in [-0.1, -0.05) is 51.5 Å². The maximum atomic E-state index is 9.72. The summed E-state index contributed by atoms with van der Waals surface area (Å²) in [5.74, 6) is 0. The van der Waals surface area contributed by atoms with E-state index in [2.05, 4.69) is 49.9 Å². The summed E-state index contributed by atoms with van der Waals surface area (Å²) in [7, 11) is 0. The van der Waals surface area contributed by atoms with Crippen LogP contribution in [-0.2, 0) is 5.41 Å². The Balaban J connectivity index is 2.14. The Labute approximate surface area is 117 Å². The number of aliphatic hydroxyl groups excluding tert-OH is 1. The fraction of sp³-hybridized carbons (Fsp3) is 0.647. The van der Waals surface area contributed by atoms with Gasteiger partial charge in [-0.05, 0) is 42.5 Å². The highest BCUT2D eigenvalue weighted by Gasteiger charge is 2.22. The van der Waals surface area contributed by atoms with Crippen LogP contribution in [0.3, 0.4) is 0 Å². The smallest absolute Gasteiger partial charge is 0.0628 e. The van der Waals surface area contributed by atoms with E-state index in [-0.39, 0.29) is 18.1 Å². The first-order valence-corrected chi connectivity index (χ1v) is 7.48. The zero-order valence-electron chi connectivity index (χ0n) is 12.5. The summed E-state index contributed by atoms with van der Waals surface area (Å²) >= 11 is 0. The molecule has 1 aliphatic rings. The molecule has 0 aromatic heterocycles. The summed E-state index contributed by atoms with van der Waals surface area (Å²) in [4.78, 5) is 2.43.